The minimum Gasteiger partial charge on any atom is -0.493 e. The maximum atomic E-state index is 12.7. The Balaban J connectivity index is 1.52. The summed E-state index contributed by atoms with van der Waals surface area (Å²) in [6.07, 6.45) is 3.98. The molecule has 1 unspecified atom stereocenters. The van der Waals surface area contributed by atoms with E-state index in [4.69, 9.17) is 15.2 Å². The van der Waals surface area contributed by atoms with Gasteiger partial charge in [-0.3, -0.25) is 4.79 Å². The van der Waals surface area contributed by atoms with Crippen LogP contribution >= 0.6 is 0 Å². The number of methoxy groups -OCH3 is 2. The molecule has 1 atom stereocenters. The van der Waals surface area contributed by atoms with Crippen LogP contribution in [0.3, 0.4) is 0 Å². The second-order valence-corrected chi connectivity index (χ2v) is 8.12. The second-order valence-electron chi connectivity index (χ2n) is 8.12. The molecule has 4 rings (SSSR count). The number of nitrogen functional groups attached to an aromatic ring is 1. The maximum absolute atomic E-state index is 12.7. The Labute approximate surface area is 187 Å². The van der Waals surface area contributed by atoms with Crippen LogP contribution in [-0.4, -0.2) is 73.8 Å². The van der Waals surface area contributed by atoms with Gasteiger partial charge in [-0.25, -0.2) is 4.98 Å². The number of nitrogens with one attached hydrogen (secondary N) is 1. The molecular weight excluding hydrogens is 410 g/mol. The molecule has 2 aliphatic heterocycles. The number of amides is 1. The molecule has 0 spiro atoms. The normalized spacial score (nSPS) is 19.0. The van der Waals surface area contributed by atoms with Crippen LogP contribution in [0.1, 0.15) is 31.2 Å². The molecule has 0 aliphatic carbocycles. The van der Waals surface area contributed by atoms with Gasteiger partial charge in [-0.05, 0) is 25.5 Å². The van der Waals surface area contributed by atoms with Gasteiger partial charge in [-0.2, -0.15) is 10.2 Å². The van der Waals surface area contributed by atoms with E-state index in [0.717, 1.165) is 13.0 Å². The Bertz CT molecular complexity index is 1040. The fourth-order valence-electron chi connectivity index (χ4n) is 4.43. The highest BCUT2D eigenvalue weighted by Crippen LogP contribution is 2.38. The maximum Gasteiger partial charge on any atom is 0.228 e. The van der Waals surface area contributed by atoms with Crippen molar-refractivity contribution in [2.24, 2.45) is 0 Å². The van der Waals surface area contributed by atoms with Crippen LogP contribution in [0, 0.1) is 11.3 Å². The first-order chi connectivity index (χ1) is 15.5. The number of fused-ring (bicyclic) bond motifs is 1. The predicted octanol–water partition coefficient (Wildman–Crippen LogP) is 1.28. The van der Waals surface area contributed by atoms with Crippen LogP contribution in [0.2, 0.25) is 0 Å². The van der Waals surface area contributed by atoms with Gasteiger partial charge in [0.25, 0.3) is 0 Å². The minimum absolute atomic E-state index is 0.187. The topological polar surface area (TPSA) is 130 Å². The minimum atomic E-state index is 0.187. The molecule has 0 bridgehead atoms. The van der Waals surface area contributed by atoms with E-state index >= 15 is 0 Å². The number of carbonyl (C=O) groups is 1. The quantitative estimate of drug-likeness (QED) is 0.707. The van der Waals surface area contributed by atoms with Gasteiger partial charge in [0.2, 0.25) is 11.9 Å². The Morgan fingerprint density at radius 2 is 2.03 bits per heavy atom. The summed E-state index contributed by atoms with van der Waals surface area (Å²) < 4.78 is 10.7. The van der Waals surface area contributed by atoms with Gasteiger partial charge in [-0.15, -0.1) is 0 Å². The van der Waals surface area contributed by atoms with Gasteiger partial charge in [0.05, 0.1) is 19.7 Å². The van der Waals surface area contributed by atoms with Crippen LogP contribution in [0.15, 0.2) is 6.07 Å². The third-order valence-corrected chi connectivity index (χ3v) is 6.21. The number of ether oxygens (including phenoxy) is 2. The van der Waals surface area contributed by atoms with E-state index in [1.165, 1.54) is 27.1 Å². The van der Waals surface area contributed by atoms with Crippen molar-refractivity contribution < 1.29 is 14.3 Å². The number of rotatable bonds is 5. The van der Waals surface area contributed by atoms with E-state index in [1.54, 1.807) is 6.07 Å². The standard InChI is InChI=1S/C22H29N7O3/c1-31-17-12-15-19(16(13-23)20(17)32-2)26-22(27-21(15)24)29-9-7-28(8-10-29)18(30)11-14-5-3-4-6-25-14/h12,14,25H,3-11H2,1-2H3,(H2,24,26,27). The summed E-state index contributed by atoms with van der Waals surface area (Å²) in [5.41, 5.74) is 6.91. The van der Waals surface area contributed by atoms with Crippen LogP contribution in [0.25, 0.3) is 10.9 Å². The van der Waals surface area contributed by atoms with Crippen LogP contribution in [0.4, 0.5) is 11.8 Å². The molecule has 1 aromatic carbocycles. The molecule has 1 amide bonds. The van der Waals surface area contributed by atoms with Crippen LogP contribution in [-0.2, 0) is 4.79 Å². The summed E-state index contributed by atoms with van der Waals surface area (Å²) in [5.74, 6) is 1.62. The summed E-state index contributed by atoms with van der Waals surface area (Å²) in [6, 6.07) is 4.13. The molecule has 32 heavy (non-hydrogen) atoms. The lowest BCUT2D eigenvalue weighted by Crippen LogP contribution is -2.50. The number of hydrogen-bond acceptors (Lipinski definition) is 9. The van der Waals surface area contributed by atoms with Gasteiger partial charge < -0.3 is 30.3 Å². The molecule has 170 valence electrons. The largest absolute Gasteiger partial charge is 0.493 e. The Hall–Kier alpha value is -3.32. The number of nitrogens with zero attached hydrogens (tertiary/aromatic N) is 5. The predicted molar refractivity (Wildman–Crippen MR) is 121 cm³/mol. The lowest BCUT2D eigenvalue weighted by molar-refractivity contribution is -0.132. The van der Waals surface area contributed by atoms with Crippen molar-refractivity contribution >= 4 is 28.6 Å². The van der Waals surface area contributed by atoms with Gasteiger partial charge in [0.1, 0.15) is 17.5 Å². The smallest absolute Gasteiger partial charge is 0.228 e. The van der Waals surface area contributed by atoms with Crippen molar-refractivity contribution in [3.63, 3.8) is 0 Å². The zero-order chi connectivity index (χ0) is 22.7. The van der Waals surface area contributed by atoms with Crippen LogP contribution in [0.5, 0.6) is 11.5 Å². The van der Waals surface area contributed by atoms with Gasteiger partial charge in [0.15, 0.2) is 11.5 Å². The summed E-state index contributed by atoms with van der Waals surface area (Å²) in [4.78, 5) is 25.7. The van der Waals surface area contributed by atoms with E-state index in [1.807, 2.05) is 9.80 Å². The number of piperazine rings is 1. The first-order valence-corrected chi connectivity index (χ1v) is 10.9. The molecule has 3 N–H and O–H groups in total. The van der Waals surface area contributed by atoms with E-state index in [0.29, 0.717) is 61.0 Å². The molecular formula is C22H29N7O3. The molecule has 2 aromatic rings. The SMILES string of the molecule is COc1cc2c(N)nc(N3CCN(C(=O)CC4CCCCN4)CC3)nc2c(C#N)c1OC. The van der Waals surface area contributed by atoms with Crippen molar-refractivity contribution in [2.75, 3.05) is 57.6 Å². The number of nitrogens with two attached hydrogens (primary N) is 1. The monoisotopic (exact) mass is 439 g/mol. The van der Waals surface area contributed by atoms with Crippen molar-refractivity contribution in [1.29, 1.82) is 5.26 Å². The zero-order valence-electron chi connectivity index (χ0n) is 18.6. The lowest BCUT2D eigenvalue weighted by atomic mass is 10.0. The number of aromatic nitrogens is 2. The summed E-state index contributed by atoms with van der Waals surface area (Å²) >= 11 is 0. The first-order valence-electron chi connectivity index (χ1n) is 10.9. The lowest BCUT2D eigenvalue weighted by Gasteiger charge is -2.36. The molecule has 0 radical (unpaired) electrons. The summed E-state index contributed by atoms with van der Waals surface area (Å²) in [7, 11) is 2.98. The van der Waals surface area contributed by atoms with Crippen molar-refractivity contribution in [2.45, 2.75) is 31.7 Å². The highest BCUT2D eigenvalue weighted by atomic mass is 16.5. The molecule has 2 aliphatic rings. The van der Waals surface area contributed by atoms with Gasteiger partial charge in [-0.1, -0.05) is 6.42 Å². The average molecular weight is 440 g/mol. The second kappa shape index (κ2) is 9.44. The van der Waals surface area contributed by atoms with Crippen molar-refractivity contribution in [3.05, 3.63) is 11.6 Å². The summed E-state index contributed by atoms with van der Waals surface area (Å²) in [5, 5.41) is 13.7. The molecule has 2 saturated heterocycles. The molecule has 2 fully saturated rings. The average Bonchev–Trinajstić information content (AvgIpc) is 2.83. The molecule has 0 saturated carbocycles. The molecule has 3 heterocycles. The molecule has 10 heteroatoms. The fraction of sp³-hybridized carbons (Fsp3) is 0.545. The number of piperidine rings is 1. The van der Waals surface area contributed by atoms with Crippen LogP contribution < -0.4 is 25.4 Å². The summed E-state index contributed by atoms with van der Waals surface area (Å²) in [6.45, 7) is 3.40. The van der Waals surface area contributed by atoms with E-state index < -0.39 is 0 Å². The van der Waals surface area contributed by atoms with E-state index in [2.05, 4.69) is 21.4 Å². The van der Waals surface area contributed by atoms with Crippen molar-refractivity contribution in [1.82, 2.24) is 20.2 Å². The van der Waals surface area contributed by atoms with Gasteiger partial charge in [0, 0.05) is 44.0 Å². The first kappa shape index (κ1) is 21.9. The highest BCUT2D eigenvalue weighted by Gasteiger charge is 2.27. The third-order valence-electron chi connectivity index (χ3n) is 6.21. The Morgan fingerprint density at radius 1 is 1.25 bits per heavy atom. The van der Waals surface area contributed by atoms with Gasteiger partial charge >= 0.3 is 0 Å². The number of carbonyl (C=O) groups excluding carboxylic acids is 1. The zero-order valence-corrected chi connectivity index (χ0v) is 18.6. The number of anilines is 2. The highest BCUT2D eigenvalue weighted by molar-refractivity contribution is 5.96. The molecule has 10 nitrogen and oxygen atoms in total. The number of hydrogen-bond donors (Lipinski definition) is 2. The fourth-order valence-corrected chi connectivity index (χ4v) is 4.43. The molecule has 1 aromatic heterocycles. The number of nitriles is 1. The third kappa shape index (κ3) is 4.21. The number of benzene rings is 1. The van der Waals surface area contributed by atoms with E-state index in [-0.39, 0.29) is 23.3 Å². The van der Waals surface area contributed by atoms with Crippen molar-refractivity contribution in [3.8, 4) is 17.6 Å². The van der Waals surface area contributed by atoms with E-state index in [9.17, 15) is 10.1 Å². The Kier molecular flexibility index (Phi) is 6.46. The Morgan fingerprint density at radius 3 is 2.66 bits per heavy atom.